The van der Waals surface area contributed by atoms with Gasteiger partial charge in [-0.3, -0.25) is 29.8 Å². The summed E-state index contributed by atoms with van der Waals surface area (Å²) in [6, 6.07) is 11.7. The molecule has 1 atom stereocenters. The average Bonchev–Trinajstić information content (AvgIpc) is 2.74. The van der Waals surface area contributed by atoms with Gasteiger partial charge >= 0.3 is 11.9 Å². The molecule has 0 bridgehead atoms. The first-order valence-electron chi connectivity index (χ1n) is 9.49. The largest absolute Gasteiger partial charge is 0.466 e. The molecule has 0 aliphatic rings. The van der Waals surface area contributed by atoms with Crippen molar-refractivity contribution in [3.8, 4) is 0 Å². The summed E-state index contributed by atoms with van der Waals surface area (Å²) in [5.41, 5.74) is 1.45. The Morgan fingerprint density at radius 2 is 1.29 bits per heavy atom. The molecular weight excluding hydrogens is 408 g/mol. The van der Waals surface area contributed by atoms with E-state index in [1.165, 1.54) is 24.3 Å². The van der Waals surface area contributed by atoms with Crippen LogP contribution in [0.2, 0.25) is 0 Å². The minimum Gasteiger partial charge on any atom is -0.466 e. The standard InChI is InChI=1S/C11H13NO4.C10H11NO4/c1-3-16-11(13)8(2)9-4-6-10(7-5-9)12(14)15;1-2-15-10(12)7-8-3-5-9(6-4-8)11(13)14/h4-8H,3H2,1-2H3;3-6H,2,7H2,1H3. The molecule has 10 heteroatoms. The number of hydrogen-bond donors (Lipinski definition) is 0. The van der Waals surface area contributed by atoms with Crippen molar-refractivity contribution in [3.63, 3.8) is 0 Å². The Morgan fingerprint density at radius 1 is 0.839 bits per heavy atom. The molecule has 1 unspecified atom stereocenters. The molecule has 0 radical (unpaired) electrons. The monoisotopic (exact) mass is 432 g/mol. The first kappa shape index (κ1) is 25.2. The number of nitro groups is 2. The Morgan fingerprint density at radius 3 is 1.71 bits per heavy atom. The van der Waals surface area contributed by atoms with Crippen LogP contribution in [0.3, 0.4) is 0 Å². The lowest BCUT2D eigenvalue weighted by Gasteiger charge is -2.10. The predicted molar refractivity (Wildman–Crippen MR) is 112 cm³/mol. The zero-order valence-electron chi connectivity index (χ0n) is 17.5. The van der Waals surface area contributed by atoms with Crippen LogP contribution in [0.1, 0.15) is 37.8 Å². The fraction of sp³-hybridized carbons (Fsp3) is 0.333. The van der Waals surface area contributed by atoms with Crippen LogP contribution >= 0.6 is 0 Å². The molecule has 0 saturated heterocycles. The van der Waals surface area contributed by atoms with E-state index >= 15 is 0 Å². The molecule has 0 heterocycles. The van der Waals surface area contributed by atoms with Gasteiger partial charge in [0.05, 0.1) is 35.4 Å². The molecule has 2 rings (SSSR count). The van der Waals surface area contributed by atoms with Gasteiger partial charge in [-0.2, -0.15) is 0 Å². The number of nitro benzene ring substituents is 2. The van der Waals surface area contributed by atoms with Gasteiger partial charge in [0.2, 0.25) is 0 Å². The highest BCUT2D eigenvalue weighted by Gasteiger charge is 2.17. The molecule has 0 fully saturated rings. The fourth-order valence-corrected chi connectivity index (χ4v) is 2.40. The van der Waals surface area contributed by atoms with E-state index < -0.39 is 15.8 Å². The number of benzene rings is 2. The maximum absolute atomic E-state index is 11.4. The second-order valence-corrected chi connectivity index (χ2v) is 6.23. The van der Waals surface area contributed by atoms with Gasteiger partial charge in [0, 0.05) is 24.3 Å². The Kier molecular flexibility index (Phi) is 10.3. The molecular formula is C21H24N2O8. The molecule has 0 aromatic heterocycles. The molecule has 166 valence electrons. The van der Waals surface area contributed by atoms with Crippen LogP contribution in [0.15, 0.2) is 48.5 Å². The quantitative estimate of drug-likeness (QED) is 0.347. The van der Waals surface area contributed by atoms with E-state index in [0.717, 1.165) is 0 Å². The Hall–Kier alpha value is -3.82. The van der Waals surface area contributed by atoms with Crippen LogP contribution in [0, 0.1) is 20.2 Å². The second-order valence-electron chi connectivity index (χ2n) is 6.23. The highest BCUT2D eigenvalue weighted by Crippen LogP contribution is 2.20. The number of carbonyl (C=O) groups excluding carboxylic acids is 2. The van der Waals surface area contributed by atoms with Gasteiger partial charge in [-0.25, -0.2) is 0 Å². The topological polar surface area (TPSA) is 139 Å². The summed E-state index contributed by atoms with van der Waals surface area (Å²) < 4.78 is 9.61. The van der Waals surface area contributed by atoms with Gasteiger partial charge in [-0.1, -0.05) is 24.3 Å². The first-order valence-corrected chi connectivity index (χ1v) is 9.49. The van der Waals surface area contributed by atoms with Crippen molar-refractivity contribution in [1.29, 1.82) is 0 Å². The molecule has 0 aliphatic heterocycles. The summed E-state index contributed by atoms with van der Waals surface area (Å²) in [4.78, 5) is 42.3. The van der Waals surface area contributed by atoms with Crippen molar-refractivity contribution in [2.45, 2.75) is 33.1 Å². The van der Waals surface area contributed by atoms with E-state index in [1.54, 1.807) is 45.0 Å². The van der Waals surface area contributed by atoms with E-state index in [9.17, 15) is 29.8 Å². The highest BCUT2D eigenvalue weighted by molar-refractivity contribution is 5.77. The maximum atomic E-state index is 11.4. The van der Waals surface area contributed by atoms with Crippen LogP contribution in [0.4, 0.5) is 11.4 Å². The van der Waals surface area contributed by atoms with E-state index in [-0.39, 0.29) is 29.7 Å². The van der Waals surface area contributed by atoms with Crippen LogP contribution in [-0.2, 0) is 25.5 Å². The molecule has 0 N–H and O–H groups in total. The van der Waals surface area contributed by atoms with Gasteiger partial charge in [0.15, 0.2) is 0 Å². The summed E-state index contributed by atoms with van der Waals surface area (Å²) in [7, 11) is 0. The Bertz CT molecular complexity index is 895. The zero-order valence-corrected chi connectivity index (χ0v) is 17.5. The van der Waals surface area contributed by atoms with Crippen molar-refractivity contribution in [2.75, 3.05) is 13.2 Å². The average molecular weight is 432 g/mol. The molecule has 0 aliphatic carbocycles. The lowest BCUT2D eigenvalue weighted by molar-refractivity contribution is -0.385. The smallest absolute Gasteiger partial charge is 0.313 e. The van der Waals surface area contributed by atoms with Crippen LogP contribution in [0.5, 0.6) is 0 Å². The molecule has 2 aromatic rings. The van der Waals surface area contributed by atoms with E-state index in [2.05, 4.69) is 0 Å². The number of rotatable bonds is 8. The number of ether oxygens (including phenoxy) is 2. The molecule has 0 spiro atoms. The van der Waals surface area contributed by atoms with Crippen LogP contribution < -0.4 is 0 Å². The number of nitrogens with zero attached hydrogens (tertiary/aromatic N) is 2. The Labute approximate surface area is 179 Å². The minimum absolute atomic E-state index is 0.0137. The van der Waals surface area contributed by atoms with Gasteiger partial charge in [-0.05, 0) is 31.9 Å². The number of hydrogen-bond acceptors (Lipinski definition) is 8. The van der Waals surface area contributed by atoms with Crippen molar-refractivity contribution in [2.24, 2.45) is 0 Å². The van der Waals surface area contributed by atoms with Gasteiger partial charge in [-0.15, -0.1) is 0 Å². The summed E-state index contributed by atoms with van der Waals surface area (Å²) in [6.07, 6.45) is 0.145. The summed E-state index contributed by atoms with van der Waals surface area (Å²) in [5.74, 6) is -1.05. The van der Waals surface area contributed by atoms with Crippen LogP contribution in [0.25, 0.3) is 0 Å². The second kappa shape index (κ2) is 12.7. The third kappa shape index (κ3) is 8.60. The third-order valence-corrected chi connectivity index (χ3v) is 4.05. The molecule has 2 aromatic carbocycles. The predicted octanol–water partition coefficient (Wildman–Crippen LogP) is 3.96. The third-order valence-electron chi connectivity index (χ3n) is 4.05. The normalized spacial score (nSPS) is 10.8. The zero-order chi connectivity index (χ0) is 23.4. The van der Waals surface area contributed by atoms with Gasteiger partial charge in [0.25, 0.3) is 11.4 Å². The lowest BCUT2D eigenvalue weighted by atomic mass is 10.0. The molecule has 31 heavy (non-hydrogen) atoms. The van der Waals surface area contributed by atoms with Gasteiger partial charge in [0.1, 0.15) is 0 Å². The van der Waals surface area contributed by atoms with Crippen molar-refractivity contribution in [3.05, 3.63) is 79.9 Å². The Balaban J connectivity index is 0.000000311. The van der Waals surface area contributed by atoms with E-state index in [0.29, 0.717) is 24.3 Å². The molecule has 0 amide bonds. The van der Waals surface area contributed by atoms with E-state index in [1.807, 2.05) is 0 Å². The van der Waals surface area contributed by atoms with Crippen molar-refractivity contribution >= 4 is 23.3 Å². The number of carbonyl (C=O) groups is 2. The van der Waals surface area contributed by atoms with Gasteiger partial charge < -0.3 is 9.47 Å². The lowest BCUT2D eigenvalue weighted by Crippen LogP contribution is -2.12. The molecule has 10 nitrogen and oxygen atoms in total. The first-order chi connectivity index (χ1) is 14.7. The number of esters is 2. The summed E-state index contributed by atoms with van der Waals surface area (Å²) in [6.45, 7) is 5.84. The fourth-order valence-electron chi connectivity index (χ4n) is 2.40. The highest BCUT2D eigenvalue weighted by atomic mass is 16.6. The molecule has 0 saturated carbocycles. The van der Waals surface area contributed by atoms with E-state index in [4.69, 9.17) is 9.47 Å². The minimum atomic E-state index is -0.478. The maximum Gasteiger partial charge on any atom is 0.313 e. The van der Waals surface area contributed by atoms with Crippen LogP contribution in [-0.4, -0.2) is 35.0 Å². The number of non-ortho nitro benzene ring substituents is 2. The van der Waals surface area contributed by atoms with Crippen molar-refractivity contribution in [1.82, 2.24) is 0 Å². The summed E-state index contributed by atoms with van der Waals surface area (Å²) >= 11 is 0. The summed E-state index contributed by atoms with van der Waals surface area (Å²) in [5, 5.41) is 20.8. The van der Waals surface area contributed by atoms with Crippen molar-refractivity contribution < 1.29 is 28.9 Å². The SMILES string of the molecule is CCOC(=O)C(C)c1ccc([N+](=O)[O-])cc1.CCOC(=O)Cc1ccc([N+](=O)[O-])cc1.